The van der Waals surface area contributed by atoms with Crippen molar-refractivity contribution in [2.24, 2.45) is 0 Å². The summed E-state index contributed by atoms with van der Waals surface area (Å²) in [6.45, 7) is -0.368. The van der Waals surface area contributed by atoms with Gasteiger partial charge in [-0.25, -0.2) is 0 Å². The molecular weight excluding hydrogens is 264 g/mol. The Kier molecular flexibility index (Phi) is 2.87. The zero-order valence-corrected chi connectivity index (χ0v) is 10.4. The van der Waals surface area contributed by atoms with E-state index in [9.17, 15) is 15.2 Å². The molecule has 1 aromatic heterocycles. The summed E-state index contributed by atoms with van der Waals surface area (Å²) < 4.78 is 13.7. The Morgan fingerprint density at radius 3 is 3.00 bits per heavy atom. The third kappa shape index (κ3) is 2.15. The number of aliphatic hydroxyl groups excluding tert-OH is 2. The predicted octanol–water partition coefficient (Wildman–Crippen LogP) is 1.26. The second-order valence-electron chi connectivity index (χ2n) is 4.75. The molecule has 1 aliphatic heterocycles. The maximum atomic E-state index is 10.8. The smallest absolute Gasteiger partial charge is 0.271 e. The van der Waals surface area contributed by atoms with Gasteiger partial charge in [0.1, 0.15) is 12.2 Å². The second kappa shape index (κ2) is 4.86. The number of nitrogens with zero attached hydrogens (tertiary/aromatic N) is 1. The van der Waals surface area contributed by atoms with Gasteiger partial charge in [0.2, 0.25) is 0 Å². The van der Waals surface area contributed by atoms with Gasteiger partial charge in [-0.1, -0.05) is 0 Å². The summed E-state index contributed by atoms with van der Waals surface area (Å²) in [6, 6.07) is 6.03. The molecule has 3 rings (SSSR count). The normalized spacial score (nSPS) is 30.6. The molecule has 106 valence electrons. The van der Waals surface area contributed by atoms with E-state index in [1.54, 1.807) is 12.1 Å². The fraction of sp³-hybridized carbons (Fsp3) is 0.385. The number of nitro groups is 1. The summed E-state index contributed by atoms with van der Waals surface area (Å²) in [5.41, 5.74) is 0.875. The van der Waals surface area contributed by atoms with Gasteiger partial charge in [-0.2, -0.15) is 0 Å². The molecule has 2 aromatic rings. The highest BCUT2D eigenvalue weighted by atomic mass is 16.6. The molecule has 0 bridgehead atoms. The Bertz CT molecular complexity index is 703. The number of non-ortho nitro benzene ring substituents is 1. The van der Waals surface area contributed by atoms with Crippen LogP contribution < -0.4 is 0 Å². The average molecular weight is 279 g/mol. The number of H-pyrrole nitrogens is 1. The van der Waals surface area contributed by atoms with Crippen molar-refractivity contribution in [1.82, 2.24) is 4.98 Å². The van der Waals surface area contributed by atoms with Crippen molar-refractivity contribution in [2.45, 2.75) is 24.7 Å². The summed E-state index contributed by atoms with van der Waals surface area (Å²) in [7, 11) is 0. The van der Waals surface area contributed by atoms with Crippen molar-refractivity contribution in [3.05, 3.63) is 40.1 Å². The quantitative estimate of drug-likeness (QED) is 0.579. The minimum atomic E-state index is -1.50. The maximum Gasteiger partial charge on any atom is 0.271 e. The molecule has 0 saturated carbocycles. The van der Waals surface area contributed by atoms with E-state index in [-0.39, 0.29) is 18.7 Å². The van der Waals surface area contributed by atoms with Gasteiger partial charge in [-0.05, 0) is 12.1 Å². The van der Waals surface area contributed by atoms with Crippen molar-refractivity contribution >= 4 is 16.6 Å². The zero-order valence-electron chi connectivity index (χ0n) is 11.4. The predicted molar refractivity (Wildman–Crippen MR) is 70.3 cm³/mol. The van der Waals surface area contributed by atoms with Crippen LogP contribution in [0.15, 0.2) is 24.3 Å². The molecule has 1 aromatic carbocycles. The second-order valence-corrected chi connectivity index (χ2v) is 4.75. The molecular formula is C13H14N2O5. The number of hydrogen-bond donors (Lipinski definition) is 3. The zero-order chi connectivity index (χ0) is 15.2. The monoisotopic (exact) mass is 279 g/mol. The Morgan fingerprint density at radius 1 is 1.55 bits per heavy atom. The molecule has 1 fully saturated rings. The van der Waals surface area contributed by atoms with Crippen LogP contribution in [-0.2, 0) is 4.74 Å². The van der Waals surface area contributed by atoms with E-state index in [0.29, 0.717) is 16.6 Å². The molecule has 0 amide bonds. The number of hydrogen-bond acceptors (Lipinski definition) is 5. The molecule has 1 saturated heterocycles. The molecule has 3 N–H and O–H groups in total. The fourth-order valence-corrected chi connectivity index (χ4v) is 2.34. The van der Waals surface area contributed by atoms with E-state index >= 15 is 0 Å². The van der Waals surface area contributed by atoms with Crippen LogP contribution in [0, 0.1) is 10.1 Å². The average Bonchev–Trinajstić information content (AvgIpc) is 2.99. The standard InChI is InChI=1S/C13H14N2O5/c16-6-13-11(17)5-12(20-13)10-3-7-1-2-8(15(18)19)4-9(7)14-10/h1-4,11-14,16-17H,5-6H2/t11-,12?,13+/m0/s1/i12D. The van der Waals surface area contributed by atoms with E-state index in [0.717, 1.165) is 0 Å². The van der Waals surface area contributed by atoms with E-state index in [2.05, 4.69) is 4.98 Å². The largest absolute Gasteiger partial charge is 0.394 e. The van der Waals surface area contributed by atoms with Crippen LogP contribution in [0.2, 0.25) is 0 Å². The number of rotatable bonds is 3. The Balaban J connectivity index is 1.99. The molecule has 3 atom stereocenters. The number of aromatic amines is 1. The molecule has 1 unspecified atom stereocenters. The lowest BCUT2D eigenvalue weighted by Gasteiger charge is -2.10. The van der Waals surface area contributed by atoms with Gasteiger partial charge in [0.25, 0.3) is 5.69 Å². The lowest BCUT2D eigenvalue weighted by Crippen LogP contribution is -2.24. The first kappa shape index (κ1) is 11.8. The van der Waals surface area contributed by atoms with Gasteiger partial charge >= 0.3 is 0 Å². The van der Waals surface area contributed by atoms with Crippen molar-refractivity contribution in [1.29, 1.82) is 0 Å². The first-order valence-corrected chi connectivity index (χ1v) is 6.17. The summed E-state index contributed by atoms with van der Waals surface area (Å²) in [4.78, 5) is 13.2. The van der Waals surface area contributed by atoms with Gasteiger partial charge in [0.15, 0.2) is 0 Å². The van der Waals surface area contributed by atoms with Gasteiger partial charge in [0.05, 0.1) is 24.5 Å². The van der Waals surface area contributed by atoms with Crippen LogP contribution >= 0.6 is 0 Å². The van der Waals surface area contributed by atoms with Crippen LogP contribution in [-0.4, -0.2) is 38.9 Å². The molecule has 1 aliphatic rings. The fourth-order valence-electron chi connectivity index (χ4n) is 2.34. The van der Waals surface area contributed by atoms with Crippen molar-refractivity contribution in [2.75, 3.05) is 6.61 Å². The molecule has 2 heterocycles. The number of nitrogens with one attached hydrogen (secondary N) is 1. The summed E-state index contributed by atoms with van der Waals surface area (Å²) >= 11 is 0. The van der Waals surface area contributed by atoms with Crippen LogP contribution in [0.1, 0.15) is 19.6 Å². The van der Waals surface area contributed by atoms with Crippen LogP contribution in [0.4, 0.5) is 5.69 Å². The number of aliphatic hydroxyl groups is 2. The Morgan fingerprint density at radius 2 is 2.35 bits per heavy atom. The number of aromatic nitrogens is 1. The first-order valence-electron chi connectivity index (χ1n) is 6.67. The lowest BCUT2D eigenvalue weighted by atomic mass is 10.1. The molecule has 7 heteroatoms. The molecule has 7 nitrogen and oxygen atoms in total. The van der Waals surface area contributed by atoms with Crippen molar-refractivity contribution < 1.29 is 21.2 Å². The Hall–Kier alpha value is -1.96. The summed E-state index contributed by atoms with van der Waals surface area (Å²) in [5.74, 6) is 0. The maximum absolute atomic E-state index is 10.8. The summed E-state index contributed by atoms with van der Waals surface area (Å²) in [5, 5.41) is 30.3. The topological polar surface area (TPSA) is 109 Å². The van der Waals surface area contributed by atoms with E-state index in [4.69, 9.17) is 11.2 Å². The van der Waals surface area contributed by atoms with E-state index in [1.807, 2.05) is 0 Å². The lowest BCUT2D eigenvalue weighted by molar-refractivity contribution is -0.384. The van der Waals surface area contributed by atoms with Crippen LogP contribution in [0.5, 0.6) is 0 Å². The van der Waals surface area contributed by atoms with Crippen molar-refractivity contribution in [3.8, 4) is 0 Å². The third-order valence-electron chi connectivity index (χ3n) is 3.41. The van der Waals surface area contributed by atoms with Gasteiger partial charge in [-0.3, -0.25) is 10.1 Å². The molecule has 0 radical (unpaired) electrons. The molecule has 20 heavy (non-hydrogen) atoms. The van der Waals surface area contributed by atoms with Gasteiger partial charge in [-0.15, -0.1) is 0 Å². The number of ether oxygens (including phenoxy) is 1. The highest BCUT2D eigenvalue weighted by Gasteiger charge is 2.35. The first-order chi connectivity index (χ1) is 9.93. The third-order valence-corrected chi connectivity index (χ3v) is 3.41. The van der Waals surface area contributed by atoms with Crippen LogP contribution in [0.3, 0.4) is 0 Å². The Labute approximate surface area is 115 Å². The minimum absolute atomic E-state index is 0.0210. The van der Waals surface area contributed by atoms with E-state index < -0.39 is 23.2 Å². The SMILES string of the molecule is [2H]C1(c2cc3ccc([N+](=O)[O-])cc3[nH]2)C[C@H](O)[C@@H](CO)O1. The highest BCUT2D eigenvalue weighted by molar-refractivity contribution is 5.82. The van der Waals surface area contributed by atoms with E-state index in [1.165, 1.54) is 12.1 Å². The summed E-state index contributed by atoms with van der Waals surface area (Å²) in [6.07, 6.45) is -3.20. The number of nitro benzene ring substituents is 1. The van der Waals surface area contributed by atoms with Gasteiger partial charge < -0.3 is 19.9 Å². The number of benzene rings is 1. The van der Waals surface area contributed by atoms with Gasteiger partial charge in [0, 0.05) is 29.6 Å². The van der Waals surface area contributed by atoms with Crippen LogP contribution in [0.25, 0.3) is 10.9 Å². The molecule has 0 spiro atoms. The highest BCUT2D eigenvalue weighted by Crippen LogP contribution is 2.34. The molecule has 0 aliphatic carbocycles. The number of fused-ring (bicyclic) bond motifs is 1. The van der Waals surface area contributed by atoms with Crippen molar-refractivity contribution in [3.63, 3.8) is 0 Å². The minimum Gasteiger partial charge on any atom is -0.394 e.